The van der Waals surface area contributed by atoms with Gasteiger partial charge in [-0.05, 0) is 40.5 Å². The van der Waals surface area contributed by atoms with Crippen molar-refractivity contribution in [2.75, 3.05) is 6.61 Å². The lowest BCUT2D eigenvalue weighted by Crippen LogP contribution is -2.43. The number of allylic oxidation sites excluding steroid dienone is 1. The first-order valence-corrected chi connectivity index (χ1v) is 5.78. The fourth-order valence-corrected chi connectivity index (χ4v) is 2.13. The van der Waals surface area contributed by atoms with Gasteiger partial charge in [0, 0.05) is 23.6 Å². The molecule has 2 unspecified atom stereocenters. The highest BCUT2D eigenvalue weighted by atomic mass is 32.1. The van der Waals surface area contributed by atoms with Gasteiger partial charge in [-0.3, -0.25) is 4.99 Å². The van der Waals surface area contributed by atoms with Gasteiger partial charge >= 0.3 is 0 Å². The van der Waals surface area contributed by atoms with Gasteiger partial charge in [-0.15, -0.1) is 0 Å². The average Bonchev–Trinajstić information content (AvgIpc) is 2.23. The van der Waals surface area contributed by atoms with E-state index in [0.717, 1.165) is 22.7 Å². The summed E-state index contributed by atoms with van der Waals surface area (Å²) in [5.41, 5.74) is 9.50. The quantitative estimate of drug-likeness (QED) is 0.740. The van der Waals surface area contributed by atoms with Crippen molar-refractivity contribution in [1.82, 2.24) is 0 Å². The lowest BCUT2D eigenvalue weighted by Gasteiger charge is -2.26. The van der Waals surface area contributed by atoms with Crippen LogP contribution < -0.4 is 5.73 Å². The van der Waals surface area contributed by atoms with Crippen LogP contribution >= 0.6 is 12.8 Å². The second kappa shape index (κ2) is 5.61. The molecule has 1 heterocycles. The molecule has 0 saturated carbocycles. The molecule has 1 aliphatic heterocycles. The van der Waals surface area contributed by atoms with Crippen molar-refractivity contribution < 1.29 is 4.74 Å². The summed E-state index contributed by atoms with van der Waals surface area (Å²) in [6.45, 7) is 8.43. The molecular weight excluding hydrogens is 222 g/mol. The first-order chi connectivity index (χ1) is 7.52. The van der Waals surface area contributed by atoms with E-state index in [4.69, 9.17) is 10.5 Å². The minimum atomic E-state index is -0.279. The van der Waals surface area contributed by atoms with Crippen molar-refractivity contribution in [3.05, 3.63) is 11.3 Å². The topological polar surface area (TPSA) is 60.0 Å². The van der Waals surface area contributed by atoms with E-state index in [0.29, 0.717) is 6.61 Å². The number of ether oxygens (including phenoxy) is 1. The molecule has 0 saturated heterocycles. The van der Waals surface area contributed by atoms with Gasteiger partial charge in [0.2, 0.25) is 0 Å². The fourth-order valence-electron chi connectivity index (χ4n) is 1.90. The van der Waals surface area contributed by atoms with E-state index in [1.54, 1.807) is 0 Å². The Kier molecular flexibility index (Phi) is 4.70. The van der Waals surface area contributed by atoms with Crippen molar-refractivity contribution in [1.29, 1.82) is 0 Å². The largest absolute Gasteiger partial charge is 0.374 e. The van der Waals surface area contributed by atoms with Crippen molar-refractivity contribution in [3.8, 4) is 0 Å². The van der Waals surface area contributed by atoms with Crippen LogP contribution in [0.1, 0.15) is 27.7 Å². The summed E-state index contributed by atoms with van der Waals surface area (Å²) in [7, 11) is 0. The molecule has 0 aromatic heterocycles. The molecule has 0 amide bonds. The zero-order valence-corrected chi connectivity index (χ0v) is 11.1. The van der Waals surface area contributed by atoms with Gasteiger partial charge < -0.3 is 10.5 Å². The number of nitrogens with zero attached hydrogens (tertiary/aromatic N) is 2. The van der Waals surface area contributed by atoms with Crippen LogP contribution in [0.3, 0.4) is 0 Å². The summed E-state index contributed by atoms with van der Waals surface area (Å²) >= 11 is 3.99. The number of aliphatic imine (C=N–C) groups is 1. The molecule has 4 nitrogen and oxygen atoms in total. The highest BCUT2D eigenvalue weighted by Gasteiger charge is 2.28. The zero-order valence-electron chi connectivity index (χ0n) is 10.2. The predicted octanol–water partition coefficient (Wildman–Crippen LogP) is 1.77. The molecule has 0 fully saturated rings. The molecule has 90 valence electrons. The average molecular weight is 241 g/mol. The molecule has 0 aromatic rings. The first-order valence-electron chi connectivity index (χ1n) is 5.38. The van der Waals surface area contributed by atoms with Crippen molar-refractivity contribution in [3.63, 3.8) is 0 Å². The van der Waals surface area contributed by atoms with Crippen molar-refractivity contribution in [2.24, 2.45) is 15.1 Å². The molecule has 0 spiro atoms. The van der Waals surface area contributed by atoms with Gasteiger partial charge in [0.1, 0.15) is 0 Å². The van der Waals surface area contributed by atoms with Gasteiger partial charge in [-0.1, -0.05) is 0 Å². The number of hydrogen-bond donors (Lipinski definition) is 2. The third-order valence-electron chi connectivity index (χ3n) is 2.69. The maximum absolute atomic E-state index is 6.02. The molecular formula is C11H19N3OS. The second-order valence-electron chi connectivity index (χ2n) is 3.81. The van der Waals surface area contributed by atoms with Crippen LogP contribution in [-0.2, 0) is 4.74 Å². The lowest BCUT2D eigenvalue weighted by molar-refractivity contribution is 0.104. The minimum Gasteiger partial charge on any atom is -0.374 e. The molecule has 1 aliphatic rings. The smallest absolute Gasteiger partial charge is 0.0868 e. The molecule has 5 heteroatoms. The van der Waals surface area contributed by atoms with Gasteiger partial charge in [0.25, 0.3) is 0 Å². The Balaban J connectivity index is 3.15. The Labute approximate surface area is 102 Å². The fraction of sp³-hybridized carbons (Fsp3) is 0.636. The normalized spacial score (nSPS) is 26.0. The van der Waals surface area contributed by atoms with Crippen LogP contribution in [0.15, 0.2) is 20.7 Å². The van der Waals surface area contributed by atoms with Gasteiger partial charge in [0.15, 0.2) is 0 Å². The summed E-state index contributed by atoms with van der Waals surface area (Å²) in [6, 6.07) is -0.279. The Hall–Kier alpha value is -0.650. The zero-order chi connectivity index (χ0) is 12.3. The monoisotopic (exact) mass is 241 g/mol. The second-order valence-corrected chi connectivity index (χ2v) is 4.01. The molecule has 16 heavy (non-hydrogen) atoms. The Morgan fingerprint density at radius 1 is 1.56 bits per heavy atom. The van der Waals surface area contributed by atoms with Gasteiger partial charge in [0.05, 0.1) is 17.9 Å². The summed E-state index contributed by atoms with van der Waals surface area (Å²) < 4.78 is 9.55. The van der Waals surface area contributed by atoms with E-state index in [1.165, 1.54) is 0 Å². The molecule has 0 radical (unpaired) electrons. The standard InChI is InChI=1S/C11H19N3OS/c1-5-15-8(4)9-6(2)13-7(3)10(12)11(9)14-16/h8,10,16H,5,12H2,1-4H3. The highest BCUT2D eigenvalue weighted by Crippen LogP contribution is 2.22. The van der Waals surface area contributed by atoms with Crippen LogP contribution in [0.5, 0.6) is 0 Å². The molecule has 0 aromatic carbocycles. The Morgan fingerprint density at radius 3 is 2.69 bits per heavy atom. The summed E-state index contributed by atoms with van der Waals surface area (Å²) in [6.07, 6.45) is -0.0567. The predicted molar refractivity (Wildman–Crippen MR) is 71.3 cm³/mol. The summed E-state index contributed by atoms with van der Waals surface area (Å²) in [5, 5.41) is 0. The molecule has 2 N–H and O–H groups in total. The molecule has 0 bridgehead atoms. The van der Waals surface area contributed by atoms with Crippen LogP contribution in [0, 0.1) is 0 Å². The van der Waals surface area contributed by atoms with Crippen molar-refractivity contribution >= 4 is 24.2 Å². The SMILES string of the molecule is CCOC(C)C1=C(C)N=C(C)C(N)C1=NS. The summed E-state index contributed by atoms with van der Waals surface area (Å²) in [4.78, 5) is 4.42. The highest BCUT2D eigenvalue weighted by molar-refractivity contribution is 7.79. The van der Waals surface area contributed by atoms with E-state index in [-0.39, 0.29) is 12.1 Å². The minimum absolute atomic E-state index is 0.0567. The van der Waals surface area contributed by atoms with Gasteiger partial charge in [-0.25, -0.2) is 4.40 Å². The lowest BCUT2D eigenvalue weighted by atomic mass is 9.93. The third-order valence-corrected chi connectivity index (χ3v) is 2.90. The van der Waals surface area contributed by atoms with E-state index in [2.05, 4.69) is 22.2 Å². The van der Waals surface area contributed by atoms with Crippen LogP contribution in [0.25, 0.3) is 0 Å². The van der Waals surface area contributed by atoms with E-state index in [9.17, 15) is 0 Å². The first kappa shape index (κ1) is 13.4. The number of nitrogens with two attached hydrogens (primary N) is 1. The molecule has 1 rings (SSSR count). The van der Waals surface area contributed by atoms with Crippen LogP contribution in [0.2, 0.25) is 0 Å². The third kappa shape index (κ3) is 2.53. The Bertz CT molecular complexity index is 360. The number of hydrogen-bond acceptors (Lipinski definition) is 5. The number of rotatable bonds is 3. The van der Waals surface area contributed by atoms with E-state index >= 15 is 0 Å². The maximum Gasteiger partial charge on any atom is 0.0868 e. The number of thiol groups is 1. The maximum atomic E-state index is 6.02. The summed E-state index contributed by atoms with van der Waals surface area (Å²) in [5.74, 6) is 0. The van der Waals surface area contributed by atoms with Gasteiger partial charge in [-0.2, -0.15) is 0 Å². The van der Waals surface area contributed by atoms with Crippen LogP contribution in [-0.4, -0.2) is 30.2 Å². The van der Waals surface area contributed by atoms with Crippen LogP contribution in [0.4, 0.5) is 0 Å². The molecule has 2 atom stereocenters. The van der Waals surface area contributed by atoms with E-state index < -0.39 is 0 Å². The van der Waals surface area contributed by atoms with E-state index in [1.807, 2.05) is 27.7 Å². The molecule has 0 aliphatic carbocycles. The van der Waals surface area contributed by atoms with Crippen molar-refractivity contribution in [2.45, 2.75) is 39.8 Å². The Morgan fingerprint density at radius 2 is 2.19 bits per heavy atom.